The van der Waals surface area contributed by atoms with Crippen molar-refractivity contribution in [3.63, 3.8) is 0 Å². The summed E-state index contributed by atoms with van der Waals surface area (Å²) in [4.78, 5) is 3.79. The third-order valence-corrected chi connectivity index (χ3v) is 0.945. The molecule has 0 amide bonds. The van der Waals surface area contributed by atoms with Crippen LogP contribution in [0.25, 0.3) is 0 Å². The molecule has 0 radical (unpaired) electrons. The second kappa shape index (κ2) is 3.24. The maximum absolute atomic E-state index is 5.41. The van der Waals surface area contributed by atoms with Gasteiger partial charge in [0.1, 0.15) is 0 Å². The minimum atomic E-state index is 0.829. The van der Waals surface area contributed by atoms with Crippen molar-refractivity contribution in [2.24, 2.45) is 10.7 Å². The van der Waals surface area contributed by atoms with Crippen molar-refractivity contribution in [3.05, 3.63) is 11.3 Å². The Kier molecular flexibility index (Phi) is 2.92. The smallest absolute Gasteiger partial charge is 0.0277 e. The molecule has 8 heavy (non-hydrogen) atoms. The molecule has 0 aliphatic carbocycles. The molecular formula is C6H12N2. The number of allylic oxidation sites excluding steroid dienone is 2. The molecule has 0 bridgehead atoms. The van der Waals surface area contributed by atoms with Crippen LogP contribution in [0.15, 0.2) is 16.3 Å². The summed E-state index contributed by atoms with van der Waals surface area (Å²) in [7, 11) is 1.73. The minimum absolute atomic E-state index is 0.829. The molecule has 0 spiro atoms. The lowest BCUT2D eigenvalue weighted by atomic mass is 10.3. The van der Waals surface area contributed by atoms with E-state index < -0.39 is 0 Å². The summed E-state index contributed by atoms with van der Waals surface area (Å²) in [5.41, 5.74) is 7.27. The fourth-order valence-electron chi connectivity index (χ4n) is 0.295. The van der Waals surface area contributed by atoms with Crippen LogP contribution in [0.3, 0.4) is 0 Å². The summed E-state index contributed by atoms with van der Waals surface area (Å²) in [5.74, 6) is 0. The van der Waals surface area contributed by atoms with Crippen LogP contribution < -0.4 is 5.73 Å². The van der Waals surface area contributed by atoms with Crippen molar-refractivity contribution in [3.8, 4) is 0 Å². The molecule has 46 valence electrons. The van der Waals surface area contributed by atoms with E-state index in [2.05, 4.69) is 4.99 Å². The molecule has 0 fully saturated rings. The summed E-state index contributed by atoms with van der Waals surface area (Å²) in [5, 5.41) is 0. The number of aliphatic imine (C=N–C) groups is 1. The zero-order valence-corrected chi connectivity index (χ0v) is 5.60. The largest absolute Gasteiger partial charge is 0.402 e. The highest BCUT2D eigenvalue weighted by Gasteiger charge is 1.82. The van der Waals surface area contributed by atoms with Gasteiger partial charge in [-0.2, -0.15) is 0 Å². The first kappa shape index (κ1) is 7.21. The molecule has 0 atom stereocenters. The minimum Gasteiger partial charge on any atom is -0.402 e. The molecule has 2 N–H and O–H groups in total. The van der Waals surface area contributed by atoms with E-state index in [1.54, 1.807) is 13.3 Å². The molecule has 2 nitrogen and oxygen atoms in total. The lowest BCUT2D eigenvalue weighted by Crippen LogP contribution is -1.95. The van der Waals surface area contributed by atoms with Gasteiger partial charge in [0, 0.05) is 19.0 Å². The number of rotatable bonds is 1. The van der Waals surface area contributed by atoms with E-state index >= 15 is 0 Å². The van der Waals surface area contributed by atoms with Crippen LogP contribution in [0, 0.1) is 0 Å². The monoisotopic (exact) mass is 112 g/mol. The van der Waals surface area contributed by atoms with Crippen molar-refractivity contribution in [2.75, 3.05) is 7.05 Å². The van der Waals surface area contributed by atoms with E-state index in [9.17, 15) is 0 Å². The van der Waals surface area contributed by atoms with E-state index in [0.717, 1.165) is 11.3 Å². The van der Waals surface area contributed by atoms with Crippen molar-refractivity contribution in [2.45, 2.75) is 13.8 Å². The van der Waals surface area contributed by atoms with Crippen LogP contribution in [0.4, 0.5) is 0 Å². The van der Waals surface area contributed by atoms with Crippen molar-refractivity contribution < 1.29 is 0 Å². The van der Waals surface area contributed by atoms with E-state index in [1.807, 2.05) is 13.8 Å². The summed E-state index contributed by atoms with van der Waals surface area (Å²) < 4.78 is 0. The molecule has 0 saturated carbocycles. The van der Waals surface area contributed by atoms with Crippen LogP contribution in [0.2, 0.25) is 0 Å². The van der Waals surface area contributed by atoms with Gasteiger partial charge in [0.05, 0.1) is 0 Å². The summed E-state index contributed by atoms with van der Waals surface area (Å²) in [6.07, 6.45) is 1.75. The highest BCUT2D eigenvalue weighted by Crippen LogP contribution is 1.90. The first-order valence-electron chi connectivity index (χ1n) is 2.53. The average Bonchev–Trinajstić information content (AvgIpc) is 1.67. The van der Waals surface area contributed by atoms with Gasteiger partial charge in [-0.1, -0.05) is 0 Å². The third kappa shape index (κ3) is 2.39. The number of hydrogen-bond acceptors (Lipinski definition) is 2. The number of nitrogens with zero attached hydrogens (tertiary/aromatic N) is 1. The Morgan fingerprint density at radius 3 is 2.12 bits per heavy atom. The van der Waals surface area contributed by atoms with Crippen LogP contribution in [0.5, 0.6) is 0 Å². The topological polar surface area (TPSA) is 38.4 Å². The Bertz CT molecular complexity index is 118. The Hall–Kier alpha value is -0.790. The van der Waals surface area contributed by atoms with E-state index in [1.165, 1.54) is 0 Å². The molecule has 0 saturated heterocycles. The van der Waals surface area contributed by atoms with Gasteiger partial charge in [0.15, 0.2) is 0 Å². The molecule has 0 aliphatic heterocycles. The maximum Gasteiger partial charge on any atom is 0.0277 e. The summed E-state index contributed by atoms with van der Waals surface area (Å²) >= 11 is 0. The van der Waals surface area contributed by atoms with Gasteiger partial charge >= 0.3 is 0 Å². The van der Waals surface area contributed by atoms with Crippen molar-refractivity contribution in [1.29, 1.82) is 0 Å². The highest BCUT2D eigenvalue weighted by molar-refractivity contribution is 5.78. The lowest BCUT2D eigenvalue weighted by molar-refractivity contribution is 1.26. The molecule has 0 aromatic carbocycles. The number of hydrogen-bond donors (Lipinski definition) is 1. The predicted molar refractivity (Wildman–Crippen MR) is 37.0 cm³/mol. The second-order valence-electron chi connectivity index (χ2n) is 1.75. The Balaban J connectivity index is 4.00. The molecule has 0 unspecified atom stereocenters. The quantitative estimate of drug-likeness (QED) is 0.504. The van der Waals surface area contributed by atoms with Crippen molar-refractivity contribution >= 4 is 6.21 Å². The zero-order valence-electron chi connectivity index (χ0n) is 5.60. The van der Waals surface area contributed by atoms with Gasteiger partial charge in [-0.05, 0) is 19.4 Å². The van der Waals surface area contributed by atoms with Gasteiger partial charge in [0.2, 0.25) is 0 Å². The van der Waals surface area contributed by atoms with E-state index in [0.29, 0.717) is 0 Å². The first-order valence-corrected chi connectivity index (χ1v) is 2.53. The lowest BCUT2D eigenvalue weighted by Gasteiger charge is -1.91. The average molecular weight is 112 g/mol. The molecule has 2 heteroatoms. The molecule has 0 rings (SSSR count). The van der Waals surface area contributed by atoms with Crippen LogP contribution in [0.1, 0.15) is 13.8 Å². The van der Waals surface area contributed by atoms with E-state index in [4.69, 9.17) is 5.73 Å². The molecule has 0 aromatic heterocycles. The molecular weight excluding hydrogens is 100 g/mol. The molecule has 0 aromatic rings. The summed E-state index contributed by atoms with van der Waals surface area (Å²) in [6, 6.07) is 0. The number of nitrogens with two attached hydrogens (primary N) is 1. The van der Waals surface area contributed by atoms with Gasteiger partial charge in [-0.3, -0.25) is 4.99 Å². The second-order valence-corrected chi connectivity index (χ2v) is 1.75. The Labute approximate surface area is 50.1 Å². The Morgan fingerprint density at radius 1 is 1.50 bits per heavy atom. The SMILES string of the molecule is C/N=C\C(C)=C(\C)N. The predicted octanol–water partition coefficient (Wildman–Crippen LogP) is 0.940. The fourth-order valence-corrected chi connectivity index (χ4v) is 0.295. The van der Waals surface area contributed by atoms with Crippen LogP contribution >= 0.6 is 0 Å². The maximum atomic E-state index is 5.41. The highest BCUT2D eigenvalue weighted by atomic mass is 14.6. The summed E-state index contributed by atoms with van der Waals surface area (Å²) in [6.45, 7) is 3.79. The van der Waals surface area contributed by atoms with E-state index in [-0.39, 0.29) is 0 Å². The van der Waals surface area contributed by atoms with Gasteiger partial charge in [-0.25, -0.2) is 0 Å². The molecule has 0 aliphatic rings. The Morgan fingerprint density at radius 2 is 2.00 bits per heavy atom. The van der Waals surface area contributed by atoms with Gasteiger partial charge in [-0.15, -0.1) is 0 Å². The fraction of sp³-hybridized carbons (Fsp3) is 0.500. The third-order valence-electron chi connectivity index (χ3n) is 0.945. The van der Waals surface area contributed by atoms with Crippen molar-refractivity contribution in [1.82, 2.24) is 0 Å². The van der Waals surface area contributed by atoms with Gasteiger partial charge < -0.3 is 5.73 Å². The van der Waals surface area contributed by atoms with Gasteiger partial charge in [0.25, 0.3) is 0 Å². The first-order chi connectivity index (χ1) is 3.68. The van der Waals surface area contributed by atoms with Crippen LogP contribution in [-0.2, 0) is 0 Å². The normalized spacial score (nSPS) is 14.4. The zero-order chi connectivity index (χ0) is 6.57. The van der Waals surface area contributed by atoms with Crippen LogP contribution in [-0.4, -0.2) is 13.3 Å². The molecule has 0 heterocycles. The standard InChI is InChI=1S/C6H12N2/c1-5(4-8-3)6(2)7/h4H,7H2,1-3H3/b6-5-,8-4-.